The summed E-state index contributed by atoms with van der Waals surface area (Å²) < 4.78 is 2.15. The summed E-state index contributed by atoms with van der Waals surface area (Å²) in [5, 5.41) is 9.83. The molecule has 0 bridgehead atoms. The van der Waals surface area contributed by atoms with E-state index in [0.29, 0.717) is 6.54 Å². The predicted molar refractivity (Wildman–Crippen MR) is 113 cm³/mol. The van der Waals surface area contributed by atoms with Crippen LogP contribution in [0.5, 0.6) is 0 Å². The van der Waals surface area contributed by atoms with Crippen molar-refractivity contribution in [1.82, 2.24) is 20.2 Å². The van der Waals surface area contributed by atoms with Gasteiger partial charge in [0, 0.05) is 42.8 Å². The van der Waals surface area contributed by atoms with Crippen molar-refractivity contribution in [3.8, 4) is 0 Å². The number of rotatable bonds is 6. The molecule has 2 aromatic heterocycles. The summed E-state index contributed by atoms with van der Waals surface area (Å²) >= 11 is 1.68. The van der Waals surface area contributed by atoms with E-state index in [1.54, 1.807) is 11.3 Å². The Hall–Kier alpha value is -1.09. The van der Waals surface area contributed by atoms with Gasteiger partial charge in [-0.2, -0.15) is 0 Å². The number of aromatic nitrogens is 2. The van der Waals surface area contributed by atoms with Crippen molar-refractivity contribution < 1.29 is 0 Å². The number of nitrogens with one attached hydrogen (secondary N) is 2. The lowest BCUT2D eigenvalue weighted by atomic mass is 9.93. The highest BCUT2D eigenvalue weighted by Gasteiger charge is 2.17. The Morgan fingerprint density at radius 3 is 2.54 bits per heavy atom. The average Bonchev–Trinajstić information content (AvgIpc) is 3.15. The van der Waals surface area contributed by atoms with E-state index in [2.05, 4.69) is 70.6 Å². The lowest BCUT2D eigenvalue weighted by Gasteiger charge is -2.14. The normalized spacial score (nSPS) is 11.9. The molecule has 0 aliphatic carbocycles. The summed E-state index contributed by atoms with van der Waals surface area (Å²) in [4.78, 5) is 9.32. The molecule has 7 heteroatoms. The number of halogens is 1. The second kappa shape index (κ2) is 10.0. The minimum atomic E-state index is 0. The Bertz CT molecular complexity index is 613. The van der Waals surface area contributed by atoms with Crippen LogP contribution in [-0.2, 0) is 18.5 Å². The van der Waals surface area contributed by atoms with Crippen LogP contribution < -0.4 is 10.6 Å². The van der Waals surface area contributed by atoms with Crippen molar-refractivity contribution in [1.29, 1.82) is 0 Å². The molecule has 134 valence electrons. The fraction of sp³-hybridized carbons (Fsp3) is 0.529. The second-order valence-electron chi connectivity index (χ2n) is 6.42. The lowest BCUT2D eigenvalue weighted by Crippen LogP contribution is -2.38. The van der Waals surface area contributed by atoms with E-state index in [-0.39, 0.29) is 29.4 Å². The quantitative estimate of drug-likeness (QED) is 0.393. The number of nitrogens with zero attached hydrogens (tertiary/aromatic N) is 3. The van der Waals surface area contributed by atoms with E-state index in [1.807, 2.05) is 12.1 Å². The van der Waals surface area contributed by atoms with E-state index in [1.165, 1.54) is 0 Å². The van der Waals surface area contributed by atoms with Gasteiger partial charge in [-0.25, -0.2) is 9.98 Å². The molecule has 0 spiro atoms. The van der Waals surface area contributed by atoms with Crippen LogP contribution in [0.1, 0.15) is 38.4 Å². The molecule has 0 amide bonds. The zero-order valence-corrected chi connectivity index (χ0v) is 18.0. The predicted octanol–water partition coefficient (Wildman–Crippen LogP) is 3.62. The summed E-state index contributed by atoms with van der Waals surface area (Å²) in [7, 11) is 0. The molecule has 2 rings (SSSR count). The Balaban J connectivity index is 0.00000288. The van der Waals surface area contributed by atoms with Gasteiger partial charge >= 0.3 is 0 Å². The van der Waals surface area contributed by atoms with E-state index < -0.39 is 0 Å². The van der Waals surface area contributed by atoms with Gasteiger partial charge in [-0.15, -0.1) is 35.3 Å². The van der Waals surface area contributed by atoms with E-state index in [4.69, 9.17) is 0 Å². The summed E-state index contributed by atoms with van der Waals surface area (Å²) in [6, 6.07) is 4.07. The summed E-state index contributed by atoms with van der Waals surface area (Å²) in [6.07, 6.45) is 4.13. The SMILES string of the molecule is CCNC(=NCc1nc(C(C)(C)C)cs1)NCCn1cccc1.I. The molecule has 0 saturated carbocycles. The van der Waals surface area contributed by atoms with Gasteiger partial charge in [0.05, 0.1) is 12.2 Å². The van der Waals surface area contributed by atoms with Crippen molar-refractivity contribution in [2.75, 3.05) is 13.1 Å². The van der Waals surface area contributed by atoms with Crippen LogP contribution in [0.25, 0.3) is 0 Å². The third-order valence-corrected chi connectivity index (χ3v) is 4.20. The third kappa shape index (κ3) is 6.80. The minimum Gasteiger partial charge on any atom is -0.357 e. The van der Waals surface area contributed by atoms with Gasteiger partial charge in [0.2, 0.25) is 0 Å². The maximum atomic E-state index is 4.69. The number of aliphatic imine (C=N–C) groups is 1. The monoisotopic (exact) mass is 461 g/mol. The Labute approximate surface area is 166 Å². The molecule has 0 fully saturated rings. The van der Waals surface area contributed by atoms with Gasteiger partial charge in [-0.1, -0.05) is 20.8 Å². The van der Waals surface area contributed by atoms with E-state index in [9.17, 15) is 0 Å². The van der Waals surface area contributed by atoms with Gasteiger partial charge in [0.15, 0.2) is 5.96 Å². The third-order valence-electron chi connectivity index (χ3n) is 3.37. The Morgan fingerprint density at radius 2 is 1.96 bits per heavy atom. The zero-order valence-electron chi connectivity index (χ0n) is 14.9. The molecule has 0 aliphatic rings. The Morgan fingerprint density at radius 1 is 1.25 bits per heavy atom. The first-order valence-electron chi connectivity index (χ1n) is 8.07. The number of hydrogen-bond donors (Lipinski definition) is 2. The molecule has 0 aliphatic heterocycles. The molecule has 24 heavy (non-hydrogen) atoms. The molecule has 2 aromatic rings. The second-order valence-corrected chi connectivity index (χ2v) is 7.36. The van der Waals surface area contributed by atoms with Crippen molar-refractivity contribution >= 4 is 41.3 Å². The highest BCUT2D eigenvalue weighted by atomic mass is 127. The average molecular weight is 461 g/mol. The molecule has 2 N–H and O–H groups in total. The van der Waals surface area contributed by atoms with Gasteiger partial charge < -0.3 is 15.2 Å². The maximum Gasteiger partial charge on any atom is 0.191 e. The fourth-order valence-corrected chi connectivity index (χ4v) is 2.98. The van der Waals surface area contributed by atoms with Crippen LogP contribution in [0.15, 0.2) is 34.9 Å². The number of thiazole rings is 1. The highest BCUT2D eigenvalue weighted by molar-refractivity contribution is 14.0. The van der Waals surface area contributed by atoms with Gasteiger partial charge in [0.25, 0.3) is 0 Å². The maximum absolute atomic E-state index is 4.69. The molecule has 0 atom stereocenters. The first-order valence-corrected chi connectivity index (χ1v) is 8.95. The summed E-state index contributed by atoms with van der Waals surface area (Å²) in [5.74, 6) is 0.840. The topological polar surface area (TPSA) is 54.2 Å². The minimum absolute atomic E-state index is 0. The molecule has 0 radical (unpaired) electrons. The van der Waals surface area contributed by atoms with Crippen molar-refractivity contribution in [3.05, 3.63) is 40.6 Å². The van der Waals surface area contributed by atoms with Gasteiger partial charge in [0.1, 0.15) is 5.01 Å². The van der Waals surface area contributed by atoms with Crippen LogP contribution in [-0.4, -0.2) is 28.6 Å². The van der Waals surface area contributed by atoms with Crippen molar-refractivity contribution in [2.24, 2.45) is 4.99 Å². The van der Waals surface area contributed by atoms with Crippen LogP contribution in [0.2, 0.25) is 0 Å². The van der Waals surface area contributed by atoms with Crippen LogP contribution in [0.3, 0.4) is 0 Å². The lowest BCUT2D eigenvalue weighted by molar-refractivity contribution is 0.571. The smallest absolute Gasteiger partial charge is 0.191 e. The molecular formula is C17H28IN5S. The van der Waals surface area contributed by atoms with Crippen LogP contribution >= 0.6 is 35.3 Å². The van der Waals surface area contributed by atoms with Crippen LogP contribution in [0.4, 0.5) is 0 Å². The van der Waals surface area contributed by atoms with Crippen molar-refractivity contribution in [3.63, 3.8) is 0 Å². The zero-order chi connectivity index (χ0) is 16.7. The number of guanidine groups is 1. The van der Waals surface area contributed by atoms with Crippen LogP contribution in [0, 0.1) is 0 Å². The molecular weight excluding hydrogens is 433 g/mol. The molecule has 2 heterocycles. The standard InChI is InChI=1S/C17H27N5S.HI/c1-5-18-16(19-8-11-22-9-6-7-10-22)20-12-15-21-14(13-23-15)17(2,3)4;/h6-7,9-10,13H,5,8,11-12H2,1-4H3,(H2,18,19,20);1H. The molecule has 0 saturated heterocycles. The largest absolute Gasteiger partial charge is 0.357 e. The van der Waals surface area contributed by atoms with E-state index >= 15 is 0 Å². The molecule has 5 nitrogen and oxygen atoms in total. The highest BCUT2D eigenvalue weighted by Crippen LogP contribution is 2.24. The summed E-state index contributed by atoms with van der Waals surface area (Å²) in [5.41, 5.74) is 1.23. The first-order chi connectivity index (χ1) is 11.0. The van der Waals surface area contributed by atoms with Gasteiger partial charge in [-0.3, -0.25) is 0 Å². The van der Waals surface area contributed by atoms with Crippen molar-refractivity contribution in [2.45, 2.75) is 46.2 Å². The first kappa shape index (κ1) is 21.0. The Kier molecular flexibility index (Phi) is 8.75. The fourth-order valence-electron chi connectivity index (χ4n) is 2.04. The summed E-state index contributed by atoms with van der Waals surface area (Å²) in [6.45, 7) is 11.8. The number of hydrogen-bond acceptors (Lipinski definition) is 3. The van der Waals surface area contributed by atoms with Gasteiger partial charge in [-0.05, 0) is 19.1 Å². The van der Waals surface area contributed by atoms with E-state index in [0.717, 1.165) is 36.3 Å². The molecule has 0 aromatic carbocycles. The molecule has 0 unspecified atom stereocenters.